The molecule has 3 nitrogen and oxygen atoms in total. The number of carbonyl (C=O) groups excluding carboxylic acids is 1. The van der Waals surface area contributed by atoms with Crippen molar-refractivity contribution in [2.45, 2.75) is 13.0 Å². The van der Waals surface area contributed by atoms with E-state index in [1.807, 2.05) is 0 Å². The van der Waals surface area contributed by atoms with Gasteiger partial charge in [0.1, 0.15) is 0 Å². The molecule has 1 aliphatic heterocycles. The molecule has 0 radical (unpaired) electrons. The minimum Gasteiger partial charge on any atom is -0.355 e. The zero-order valence-corrected chi connectivity index (χ0v) is 10.7. The Balaban J connectivity index is 1.95. The van der Waals surface area contributed by atoms with Crippen molar-refractivity contribution in [1.29, 1.82) is 0 Å². The highest BCUT2D eigenvalue weighted by Gasteiger charge is 2.14. The number of hydrogen-bond acceptors (Lipinski definition) is 3. The van der Waals surface area contributed by atoms with Gasteiger partial charge < -0.3 is 5.32 Å². The van der Waals surface area contributed by atoms with Crippen LogP contribution in [0.4, 0.5) is 0 Å². The van der Waals surface area contributed by atoms with Gasteiger partial charge in [0.15, 0.2) is 0 Å². The van der Waals surface area contributed by atoms with Crippen LogP contribution in [0.15, 0.2) is 15.9 Å². The predicted octanol–water partition coefficient (Wildman–Crippen LogP) is 1.83. The van der Waals surface area contributed by atoms with Crippen LogP contribution >= 0.6 is 27.3 Å². The molecule has 0 unspecified atom stereocenters. The molecule has 5 heteroatoms. The fourth-order valence-electron chi connectivity index (χ4n) is 1.66. The smallest absolute Gasteiger partial charge is 0.234 e. The van der Waals surface area contributed by atoms with E-state index in [2.05, 4.69) is 37.6 Å². The van der Waals surface area contributed by atoms with E-state index in [1.165, 1.54) is 4.88 Å². The lowest BCUT2D eigenvalue weighted by Gasteiger charge is -2.16. The molecule has 0 aliphatic carbocycles. The van der Waals surface area contributed by atoms with E-state index in [1.54, 1.807) is 11.3 Å². The summed E-state index contributed by atoms with van der Waals surface area (Å²) >= 11 is 5.17. The Morgan fingerprint density at radius 3 is 3.20 bits per heavy atom. The summed E-state index contributed by atoms with van der Waals surface area (Å²) < 4.78 is 1.13. The quantitative estimate of drug-likeness (QED) is 0.901. The van der Waals surface area contributed by atoms with E-state index < -0.39 is 0 Å². The van der Waals surface area contributed by atoms with Gasteiger partial charge in [-0.3, -0.25) is 9.69 Å². The third-order valence-electron chi connectivity index (χ3n) is 2.34. The van der Waals surface area contributed by atoms with Crippen LogP contribution in [0.2, 0.25) is 0 Å². The van der Waals surface area contributed by atoms with Gasteiger partial charge in [0.25, 0.3) is 0 Å². The van der Waals surface area contributed by atoms with Crippen molar-refractivity contribution in [2.75, 3.05) is 19.6 Å². The molecule has 1 saturated heterocycles. The van der Waals surface area contributed by atoms with Crippen molar-refractivity contribution in [1.82, 2.24) is 10.2 Å². The first-order valence-electron chi connectivity index (χ1n) is 4.96. The highest BCUT2D eigenvalue weighted by Crippen LogP contribution is 2.21. The van der Waals surface area contributed by atoms with E-state index >= 15 is 0 Å². The van der Waals surface area contributed by atoms with Gasteiger partial charge in [-0.25, -0.2) is 0 Å². The van der Waals surface area contributed by atoms with Gasteiger partial charge in [-0.2, -0.15) is 0 Å². The fraction of sp³-hybridized carbons (Fsp3) is 0.500. The maximum Gasteiger partial charge on any atom is 0.234 e. The summed E-state index contributed by atoms with van der Waals surface area (Å²) in [5.41, 5.74) is 0. The van der Waals surface area contributed by atoms with Crippen LogP contribution in [0, 0.1) is 0 Å². The second-order valence-corrected chi connectivity index (χ2v) is 5.56. The van der Waals surface area contributed by atoms with E-state index in [0.717, 1.165) is 30.5 Å². The van der Waals surface area contributed by atoms with Gasteiger partial charge in [0.05, 0.1) is 6.54 Å². The lowest BCUT2D eigenvalue weighted by molar-refractivity contribution is -0.121. The summed E-state index contributed by atoms with van der Waals surface area (Å²) in [7, 11) is 0. The predicted molar refractivity (Wildman–Crippen MR) is 64.9 cm³/mol. The molecule has 2 rings (SSSR count). The van der Waals surface area contributed by atoms with Crippen molar-refractivity contribution in [3.05, 3.63) is 20.8 Å². The Bertz CT molecular complexity index is 353. The van der Waals surface area contributed by atoms with E-state index in [0.29, 0.717) is 6.54 Å². The monoisotopic (exact) mass is 288 g/mol. The minimum absolute atomic E-state index is 0.142. The third kappa shape index (κ3) is 3.29. The van der Waals surface area contributed by atoms with E-state index in [9.17, 15) is 4.79 Å². The number of nitrogens with zero attached hydrogens (tertiary/aromatic N) is 1. The Morgan fingerprint density at radius 1 is 1.60 bits per heavy atom. The van der Waals surface area contributed by atoms with Crippen LogP contribution in [0.3, 0.4) is 0 Å². The molecule has 0 atom stereocenters. The van der Waals surface area contributed by atoms with Crippen molar-refractivity contribution in [2.24, 2.45) is 0 Å². The summed E-state index contributed by atoms with van der Waals surface area (Å²) in [5.74, 6) is 0.142. The molecule has 1 fully saturated rings. The van der Waals surface area contributed by atoms with Crippen LogP contribution in [0.5, 0.6) is 0 Å². The summed E-state index contributed by atoms with van der Waals surface area (Å²) in [6, 6.07) is 2.12. The number of rotatable bonds is 2. The molecule has 1 aromatic rings. The number of amides is 1. The van der Waals surface area contributed by atoms with Crippen LogP contribution in [0.25, 0.3) is 0 Å². The Labute approximate surface area is 102 Å². The first-order valence-corrected chi connectivity index (χ1v) is 6.63. The number of thiophene rings is 1. The van der Waals surface area contributed by atoms with Crippen LogP contribution < -0.4 is 5.32 Å². The second-order valence-electron chi connectivity index (χ2n) is 3.65. The van der Waals surface area contributed by atoms with Gasteiger partial charge >= 0.3 is 0 Å². The molecular formula is C10H13BrN2OS. The van der Waals surface area contributed by atoms with Crippen LogP contribution in [-0.4, -0.2) is 30.4 Å². The summed E-state index contributed by atoms with van der Waals surface area (Å²) in [4.78, 5) is 14.8. The molecule has 2 heterocycles. The average molecular weight is 289 g/mol. The molecule has 0 aromatic carbocycles. The molecular weight excluding hydrogens is 276 g/mol. The Hall–Kier alpha value is -0.390. The first kappa shape index (κ1) is 11.1. The van der Waals surface area contributed by atoms with Crippen molar-refractivity contribution < 1.29 is 4.79 Å². The van der Waals surface area contributed by atoms with Crippen molar-refractivity contribution in [3.63, 3.8) is 0 Å². The zero-order chi connectivity index (χ0) is 10.7. The highest BCUT2D eigenvalue weighted by atomic mass is 79.9. The second kappa shape index (κ2) is 5.09. The molecule has 0 saturated carbocycles. The molecule has 1 aliphatic rings. The summed E-state index contributed by atoms with van der Waals surface area (Å²) in [5, 5.41) is 4.96. The fourth-order valence-corrected chi connectivity index (χ4v) is 3.15. The van der Waals surface area contributed by atoms with E-state index in [4.69, 9.17) is 0 Å². The number of carbonyl (C=O) groups is 1. The lowest BCUT2D eigenvalue weighted by Crippen LogP contribution is -2.32. The highest BCUT2D eigenvalue weighted by molar-refractivity contribution is 9.10. The molecule has 0 bridgehead atoms. The number of nitrogens with one attached hydrogen (secondary N) is 1. The van der Waals surface area contributed by atoms with E-state index in [-0.39, 0.29) is 5.91 Å². The molecule has 15 heavy (non-hydrogen) atoms. The molecule has 0 spiro atoms. The van der Waals surface area contributed by atoms with Crippen molar-refractivity contribution >= 4 is 33.2 Å². The normalized spacial score (nSPS) is 18.6. The standard InChI is InChI=1S/C10H13BrN2OS/c11-8-4-9(15-7-8)5-13-3-1-2-12-10(14)6-13/h4,7H,1-3,5-6H2,(H,12,14). The number of halogens is 1. The average Bonchev–Trinajstić information content (AvgIpc) is 2.46. The van der Waals surface area contributed by atoms with Gasteiger partial charge in [-0.15, -0.1) is 11.3 Å². The van der Waals surface area contributed by atoms with Gasteiger partial charge in [-0.05, 0) is 28.4 Å². The molecule has 1 aromatic heterocycles. The largest absolute Gasteiger partial charge is 0.355 e. The molecule has 1 amide bonds. The number of hydrogen-bond donors (Lipinski definition) is 1. The lowest BCUT2D eigenvalue weighted by atomic mass is 10.3. The Kier molecular flexibility index (Phi) is 3.77. The molecule has 82 valence electrons. The van der Waals surface area contributed by atoms with Crippen LogP contribution in [-0.2, 0) is 11.3 Å². The van der Waals surface area contributed by atoms with Gasteiger partial charge in [0, 0.05) is 34.4 Å². The van der Waals surface area contributed by atoms with Gasteiger partial charge in [-0.1, -0.05) is 0 Å². The maximum absolute atomic E-state index is 11.3. The maximum atomic E-state index is 11.3. The zero-order valence-electron chi connectivity index (χ0n) is 8.33. The third-order valence-corrected chi connectivity index (χ3v) is 4.02. The molecule has 1 N–H and O–H groups in total. The van der Waals surface area contributed by atoms with Crippen LogP contribution in [0.1, 0.15) is 11.3 Å². The van der Waals surface area contributed by atoms with Gasteiger partial charge in [0.2, 0.25) is 5.91 Å². The topological polar surface area (TPSA) is 32.3 Å². The Morgan fingerprint density at radius 2 is 2.47 bits per heavy atom. The van der Waals surface area contributed by atoms with Crippen molar-refractivity contribution in [3.8, 4) is 0 Å². The SMILES string of the molecule is O=C1CN(Cc2cc(Br)cs2)CCCN1. The first-order chi connectivity index (χ1) is 7.24. The summed E-state index contributed by atoms with van der Waals surface area (Å²) in [6.45, 7) is 3.21. The minimum atomic E-state index is 0.142. The summed E-state index contributed by atoms with van der Waals surface area (Å²) in [6.07, 6.45) is 1.04.